The molecule has 1 atom stereocenters. The van der Waals surface area contributed by atoms with Gasteiger partial charge in [-0.25, -0.2) is 9.37 Å². The summed E-state index contributed by atoms with van der Waals surface area (Å²) in [6.07, 6.45) is -0.0429. The summed E-state index contributed by atoms with van der Waals surface area (Å²) < 4.78 is 23.9. The van der Waals surface area contributed by atoms with Gasteiger partial charge in [-0.1, -0.05) is 6.07 Å². The highest BCUT2D eigenvalue weighted by Gasteiger charge is 2.32. The van der Waals surface area contributed by atoms with Crippen molar-refractivity contribution in [1.29, 1.82) is 0 Å². The lowest BCUT2D eigenvalue weighted by Crippen LogP contribution is -2.28. The molecule has 2 N–H and O–H groups in total. The molecule has 1 aliphatic heterocycles. The summed E-state index contributed by atoms with van der Waals surface area (Å²) in [4.78, 5) is 28.9. The van der Waals surface area contributed by atoms with Crippen LogP contribution in [0.15, 0.2) is 47.8 Å². The van der Waals surface area contributed by atoms with Crippen LogP contribution < -0.4 is 15.4 Å². The number of thiazole rings is 1. The third kappa shape index (κ3) is 4.41. The van der Waals surface area contributed by atoms with E-state index < -0.39 is 17.7 Å². The Morgan fingerprint density at radius 1 is 1.30 bits per heavy atom. The lowest BCUT2D eigenvalue weighted by molar-refractivity contribution is -0.148. The number of aromatic nitrogens is 1. The number of hydrogen-bond acceptors (Lipinski definition) is 7. The van der Waals surface area contributed by atoms with Crippen molar-refractivity contribution in [3.05, 3.63) is 64.9 Å². The third-order valence-electron chi connectivity index (χ3n) is 4.59. The molecule has 0 aliphatic carbocycles. The zero-order valence-electron chi connectivity index (χ0n) is 16.0. The summed E-state index contributed by atoms with van der Waals surface area (Å²) in [7, 11) is 1.60. The number of halogens is 1. The van der Waals surface area contributed by atoms with Crippen LogP contribution in [0.5, 0.6) is 5.75 Å². The minimum absolute atomic E-state index is 0.0196. The lowest BCUT2D eigenvalue weighted by Gasteiger charge is -2.24. The highest BCUT2D eigenvalue weighted by molar-refractivity contribution is 7.13. The molecule has 1 aliphatic rings. The molecule has 0 spiro atoms. The Balaban J connectivity index is 1.38. The number of benzene rings is 2. The maximum absolute atomic E-state index is 13.4. The van der Waals surface area contributed by atoms with Gasteiger partial charge < -0.3 is 20.1 Å². The average molecular weight is 427 g/mol. The topological polar surface area (TPSA) is 89.5 Å². The van der Waals surface area contributed by atoms with E-state index in [0.717, 1.165) is 11.4 Å². The molecule has 0 fully saturated rings. The molecule has 0 saturated heterocycles. The molecule has 9 heteroatoms. The number of anilines is 3. The van der Waals surface area contributed by atoms with E-state index in [2.05, 4.69) is 15.6 Å². The first kappa shape index (κ1) is 19.8. The van der Waals surface area contributed by atoms with Gasteiger partial charge in [-0.05, 0) is 42.0 Å². The molecule has 1 aromatic heterocycles. The number of ether oxygens (including phenoxy) is 2. The first-order valence-electron chi connectivity index (χ1n) is 9.13. The van der Waals surface area contributed by atoms with Crippen molar-refractivity contribution < 1.29 is 23.5 Å². The standard InChI is InChI=1S/C21H18FN3O4S/c1-28-15-5-3-13(4-6-15)23-21-24-14(11-30-21)10-29-20(27)17-9-19(26)25-18-8-12(22)2-7-16(17)18/h2-8,11,17H,9-10H2,1H3,(H,23,24)(H,25,26)/t17-/m0/s1. The van der Waals surface area contributed by atoms with Crippen molar-refractivity contribution in [2.45, 2.75) is 18.9 Å². The van der Waals surface area contributed by atoms with E-state index in [1.54, 1.807) is 12.5 Å². The van der Waals surface area contributed by atoms with Crippen LogP contribution in [-0.2, 0) is 20.9 Å². The fraction of sp³-hybridized carbons (Fsp3) is 0.190. The van der Waals surface area contributed by atoms with Gasteiger partial charge in [0, 0.05) is 23.2 Å². The Labute approximate surface area is 175 Å². The van der Waals surface area contributed by atoms with Crippen molar-refractivity contribution >= 4 is 39.7 Å². The molecule has 0 radical (unpaired) electrons. The molecule has 30 heavy (non-hydrogen) atoms. The van der Waals surface area contributed by atoms with Crippen LogP contribution in [-0.4, -0.2) is 24.0 Å². The SMILES string of the molecule is COc1ccc(Nc2nc(COC(=O)[C@H]3CC(=O)Nc4cc(F)ccc43)cs2)cc1. The molecule has 4 rings (SSSR count). The molecule has 154 valence electrons. The number of carbonyl (C=O) groups excluding carboxylic acids is 2. The summed E-state index contributed by atoms with van der Waals surface area (Å²) in [5.41, 5.74) is 2.28. The van der Waals surface area contributed by atoms with E-state index in [-0.39, 0.29) is 18.9 Å². The predicted octanol–water partition coefficient (Wildman–Crippen LogP) is 4.20. The van der Waals surface area contributed by atoms with Crippen LogP contribution in [0.2, 0.25) is 0 Å². The van der Waals surface area contributed by atoms with Crippen molar-refractivity contribution in [2.75, 3.05) is 17.7 Å². The number of rotatable bonds is 6. The second-order valence-electron chi connectivity index (χ2n) is 6.64. The largest absolute Gasteiger partial charge is 0.497 e. The van der Waals surface area contributed by atoms with E-state index >= 15 is 0 Å². The number of fused-ring (bicyclic) bond motifs is 1. The lowest BCUT2D eigenvalue weighted by atomic mass is 9.90. The third-order valence-corrected chi connectivity index (χ3v) is 5.40. The van der Waals surface area contributed by atoms with Gasteiger partial charge in [0.1, 0.15) is 18.2 Å². The van der Waals surface area contributed by atoms with E-state index in [1.807, 2.05) is 24.3 Å². The molecule has 0 bridgehead atoms. The van der Waals surface area contributed by atoms with Gasteiger partial charge in [-0.3, -0.25) is 9.59 Å². The number of esters is 1. The van der Waals surface area contributed by atoms with Crippen LogP contribution in [0.25, 0.3) is 0 Å². The van der Waals surface area contributed by atoms with Crippen LogP contribution >= 0.6 is 11.3 Å². The zero-order chi connectivity index (χ0) is 21.1. The average Bonchev–Trinajstić information content (AvgIpc) is 3.19. The molecule has 2 aromatic carbocycles. The highest BCUT2D eigenvalue weighted by Crippen LogP contribution is 2.34. The van der Waals surface area contributed by atoms with Gasteiger partial charge in [-0.2, -0.15) is 0 Å². The van der Waals surface area contributed by atoms with E-state index in [0.29, 0.717) is 22.1 Å². The van der Waals surface area contributed by atoms with Crippen molar-refractivity contribution in [2.24, 2.45) is 0 Å². The highest BCUT2D eigenvalue weighted by atomic mass is 32.1. The summed E-state index contributed by atoms with van der Waals surface area (Å²) in [5.74, 6) is -1.40. The molecule has 2 heterocycles. The molecular formula is C21H18FN3O4S. The van der Waals surface area contributed by atoms with Gasteiger partial charge in [-0.15, -0.1) is 11.3 Å². The molecule has 1 amide bonds. The van der Waals surface area contributed by atoms with Crippen LogP contribution in [0.4, 0.5) is 20.9 Å². The van der Waals surface area contributed by atoms with Gasteiger partial charge in [0.25, 0.3) is 0 Å². The zero-order valence-corrected chi connectivity index (χ0v) is 16.8. The number of nitrogens with one attached hydrogen (secondary N) is 2. The summed E-state index contributed by atoms with van der Waals surface area (Å²) >= 11 is 1.38. The number of methoxy groups -OCH3 is 1. The Morgan fingerprint density at radius 2 is 2.10 bits per heavy atom. The van der Waals surface area contributed by atoms with Gasteiger partial charge in [0.15, 0.2) is 5.13 Å². The smallest absolute Gasteiger partial charge is 0.314 e. The van der Waals surface area contributed by atoms with Crippen molar-refractivity contribution in [1.82, 2.24) is 4.98 Å². The number of carbonyl (C=O) groups is 2. The summed E-state index contributed by atoms with van der Waals surface area (Å²) in [6, 6.07) is 11.4. The van der Waals surface area contributed by atoms with E-state index in [4.69, 9.17) is 9.47 Å². The fourth-order valence-corrected chi connectivity index (χ4v) is 3.84. The second-order valence-corrected chi connectivity index (χ2v) is 7.50. The molecule has 0 saturated carbocycles. The molecule has 0 unspecified atom stereocenters. The number of nitrogens with zero attached hydrogens (tertiary/aromatic N) is 1. The summed E-state index contributed by atoms with van der Waals surface area (Å²) in [5, 5.41) is 8.20. The maximum Gasteiger partial charge on any atom is 0.314 e. The first-order chi connectivity index (χ1) is 14.5. The van der Waals surface area contributed by atoms with Gasteiger partial charge >= 0.3 is 5.97 Å². The van der Waals surface area contributed by atoms with Gasteiger partial charge in [0.05, 0.1) is 18.7 Å². The number of hydrogen-bond donors (Lipinski definition) is 2. The van der Waals surface area contributed by atoms with E-state index in [1.165, 1.54) is 29.5 Å². The molecular weight excluding hydrogens is 409 g/mol. The van der Waals surface area contributed by atoms with Crippen molar-refractivity contribution in [3.63, 3.8) is 0 Å². The Kier molecular flexibility index (Phi) is 5.62. The van der Waals surface area contributed by atoms with Crippen LogP contribution in [0.1, 0.15) is 23.6 Å². The second kappa shape index (κ2) is 8.50. The molecule has 3 aromatic rings. The normalized spacial score (nSPS) is 15.1. The summed E-state index contributed by atoms with van der Waals surface area (Å²) in [6.45, 7) is -0.0196. The van der Waals surface area contributed by atoms with Crippen LogP contribution in [0.3, 0.4) is 0 Å². The number of amides is 1. The Bertz CT molecular complexity index is 1080. The Morgan fingerprint density at radius 3 is 2.87 bits per heavy atom. The van der Waals surface area contributed by atoms with Crippen LogP contribution in [0, 0.1) is 5.82 Å². The monoisotopic (exact) mass is 427 g/mol. The Hall–Kier alpha value is -3.46. The molecule has 7 nitrogen and oxygen atoms in total. The first-order valence-corrected chi connectivity index (χ1v) is 10.0. The minimum atomic E-state index is -0.773. The van der Waals surface area contributed by atoms with Gasteiger partial charge in [0.2, 0.25) is 5.91 Å². The fourth-order valence-electron chi connectivity index (χ4n) is 3.12. The predicted molar refractivity (Wildman–Crippen MR) is 111 cm³/mol. The minimum Gasteiger partial charge on any atom is -0.497 e. The van der Waals surface area contributed by atoms with E-state index in [9.17, 15) is 14.0 Å². The van der Waals surface area contributed by atoms with Crippen molar-refractivity contribution in [3.8, 4) is 5.75 Å². The maximum atomic E-state index is 13.4. The quantitative estimate of drug-likeness (QED) is 0.573.